The third-order valence-electron chi connectivity index (χ3n) is 5.15. The van der Waals surface area contributed by atoms with Gasteiger partial charge in [0.15, 0.2) is 0 Å². The zero-order chi connectivity index (χ0) is 20.3. The number of hydrogen-bond acceptors (Lipinski definition) is 5. The van der Waals surface area contributed by atoms with Gasteiger partial charge in [-0.3, -0.25) is 9.10 Å². The molecule has 0 spiro atoms. The molecule has 9 heteroatoms. The van der Waals surface area contributed by atoms with Crippen LogP contribution in [0, 0.1) is 6.92 Å². The SMILES string of the molecule is Cc1cc(N2C(=O)CCS2(=O)=O)ccc1S(=O)(=O)N1c2ccccc2C[C@@H]1C. The molecule has 2 aromatic carbocycles. The molecule has 2 heterocycles. The van der Waals surface area contributed by atoms with Crippen molar-refractivity contribution >= 4 is 37.3 Å². The molecule has 7 nitrogen and oxygen atoms in total. The smallest absolute Gasteiger partial charge is 0.264 e. The second-order valence-electron chi connectivity index (χ2n) is 7.16. The van der Waals surface area contributed by atoms with E-state index in [0.29, 0.717) is 17.7 Å². The Morgan fingerprint density at radius 3 is 2.46 bits per heavy atom. The summed E-state index contributed by atoms with van der Waals surface area (Å²) in [5.41, 5.74) is 2.20. The summed E-state index contributed by atoms with van der Waals surface area (Å²) in [6.07, 6.45) is 0.566. The van der Waals surface area contributed by atoms with E-state index < -0.39 is 26.0 Å². The maximum absolute atomic E-state index is 13.4. The van der Waals surface area contributed by atoms with Gasteiger partial charge in [0.25, 0.3) is 10.0 Å². The Balaban J connectivity index is 1.77. The average molecular weight is 421 g/mol. The molecular weight excluding hydrogens is 400 g/mol. The molecule has 2 aromatic rings. The van der Waals surface area contributed by atoms with Crippen LogP contribution in [0.5, 0.6) is 0 Å². The maximum atomic E-state index is 13.4. The fourth-order valence-electron chi connectivity index (χ4n) is 3.93. The van der Waals surface area contributed by atoms with Crippen molar-refractivity contribution in [2.24, 2.45) is 0 Å². The van der Waals surface area contributed by atoms with Crippen LogP contribution < -0.4 is 8.61 Å². The molecule has 1 fully saturated rings. The summed E-state index contributed by atoms with van der Waals surface area (Å²) in [6, 6.07) is 11.4. The van der Waals surface area contributed by atoms with Crippen molar-refractivity contribution in [3.63, 3.8) is 0 Å². The number of sulfonamides is 2. The maximum Gasteiger partial charge on any atom is 0.264 e. The van der Waals surface area contributed by atoms with Gasteiger partial charge in [0.1, 0.15) is 0 Å². The number of para-hydroxylation sites is 1. The van der Waals surface area contributed by atoms with Gasteiger partial charge in [-0.2, -0.15) is 0 Å². The zero-order valence-electron chi connectivity index (χ0n) is 15.5. The van der Waals surface area contributed by atoms with Crippen molar-refractivity contribution in [2.45, 2.75) is 37.6 Å². The number of carbonyl (C=O) groups excluding carboxylic acids is 1. The first-order valence-corrected chi connectivity index (χ1v) is 12.0. The minimum Gasteiger partial charge on any atom is -0.273 e. The van der Waals surface area contributed by atoms with Crippen LogP contribution in [0.4, 0.5) is 11.4 Å². The van der Waals surface area contributed by atoms with E-state index in [0.717, 1.165) is 9.87 Å². The monoisotopic (exact) mass is 420 g/mol. The third-order valence-corrected chi connectivity index (χ3v) is 8.93. The molecule has 148 valence electrons. The summed E-state index contributed by atoms with van der Waals surface area (Å²) in [5.74, 6) is -0.732. The molecule has 2 aliphatic heterocycles. The minimum atomic E-state index is -3.83. The summed E-state index contributed by atoms with van der Waals surface area (Å²) in [4.78, 5) is 12.1. The van der Waals surface area contributed by atoms with Crippen molar-refractivity contribution < 1.29 is 21.6 Å². The highest BCUT2D eigenvalue weighted by molar-refractivity contribution is 7.94. The topological polar surface area (TPSA) is 91.8 Å². The minimum absolute atomic E-state index is 0.0660. The first-order valence-electron chi connectivity index (χ1n) is 8.92. The normalized spacial score (nSPS) is 21.2. The first-order chi connectivity index (χ1) is 13.1. The summed E-state index contributed by atoms with van der Waals surface area (Å²) in [6.45, 7) is 3.47. The van der Waals surface area contributed by atoms with Gasteiger partial charge in [0, 0.05) is 12.5 Å². The van der Waals surface area contributed by atoms with E-state index in [9.17, 15) is 21.6 Å². The molecule has 1 saturated heterocycles. The van der Waals surface area contributed by atoms with Gasteiger partial charge < -0.3 is 0 Å². The van der Waals surface area contributed by atoms with E-state index in [2.05, 4.69) is 0 Å². The molecule has 0 saturated carbocycles. The van der Waals surface area contributed by atoms with Crippen molar-refractivity contribution in [3.8, 4) is 0 Å². The third kappa shape index (κ3) is 2.80. The second-order valence-corrected chi connectivity index (χ2v) is 10.9. The summed E-state index contributed by atoms with van der Waals surface area (Å²) in [5, 5.41) is 0. The Morgan fingerprint density at radius 2 is 1.82 bits per heavy atom. The summed E-state index contributed by atoms with van der Waals surface area (Å²) >= 11 is 0. The number of carbonyl (C=O) groups is 1. The lowest BCUT2D eigenvalue weighted by atomic mass is 10.1. The Hall–Kier alpha value is -2.39. The molecule has 2 aliphatic rings. The summed E-state index contributed by atoms with van der Waals surface area (Å²) in [7, 11) is -7.53. The van der Waals surface area contributed by atoms with Gasteiger partial charge in [-0.15, -0.1) is 0 Å². The van der Waals surface area contributed by atoms with Crippen LogP contribution in [0.15, 0.2) is 47.4 Å². The molecule has 0 bridgehead atoms. The van der Waals surface area contributed by atoms with E-state index in [1.165, 1.54) is 22.5 Å². The lowest BCUT2D eigenvalue weighted by Gasteiger charge is -2.26. The Bertz CT molecular complexity index is 1190. The number of rotatable bonds is 3. The highest BCUT2D eigenvalue weighted by Gasteiger charge is 2.39. The van der Waals surface area contributed by atoms with Crippen LogP contribution in [0.1, 0.15) is 24.5 Å². The Kier molecular flexibility index (Phi) is 4.27. The average Bonchev–Trinajstić information content (AvgIpc) is 3.09. The number of benzene rings is 2. The number of fused-ring (bicyclic) bond motifs is 1. The zero-order valence-corrected chi connectivity index (χ0v) is 17.1. The number of hydrogen-bond donors (Lipinski definition) is 0. The van der Waals surface area contributed by atoms with Gasteiger partial charge in [-0.25, -0.2) is 21.1 Å². The first kappa shape index (κ1) is 18.9. The van der Waals surface area contributed by atoms with Crippen molar-refractivity contribution in [2.75, 3.05) is 14.4 Å². The lowest BCUT2D eigenvalue weighted by Crippen LogP contribution is -2.36. The number of amides is 1. The highest BCUT2D eigenvalue weighted by Crippen LogP contribution is 2.38. The molecule has 0 radical (unpaired) electrons. The van der Waals surface area contributed by atoms with E-state index in [4.69, 9.17) is 0 Å². The molecule has 1 atom stereocenters. The van der Waals surface area contributed by atoms with Crippen LogP contribution in [0.2, 0.25) is 0 Å². The predicted molar refractivity (Wildman–Crippen MR) is 106 cm³/mol. The van der Waals surface area contributed by atoms with Gasteiger partial charge >= 0.3 is 0 Å². The number of anilines is 2. The Morgan fingerprint density at radius 1 is 1.11 bits per heavy atom. The van der Waals surface area contributed by atoms with Gasteiger partial charge in [-0.1, -0.05) is 18.2 Å². The number of aryl methyl sites for hydroxylation is 1. The molecule has 0 unspecified atom stereocenters. The molecule has 1 amide bonds. The van der Waals surface area contributed by atoms with Gasteiger partial charge in [-0.05, 0) is 55.7 Å². The lowest BCUT2D eigenvalue weighted by molar-refractivity contribution is -0.116. The van der Waals surface area contributed by atoms with Crippen LogP contribution in [-0.2, 0) is 31.3 Å². The fourth-order valence-corrected chi connectivity index (χ4v) is 7.28. The van der Waals surface area contributed by atoms with E-state index in [1.807, 2.05) is 19.1 Å². The van der Waals surface area contributed by atoms with Crippen LogP contribution in [0.25, 0.3) is 0 Å². The summed E-state index contributed by atoms with van der Waals surface area (Å²) < 4.78 is 53.2. The van der Waals surface area contributed by atoms with Crippen molar-refractivity contribution in [1.29, 1.82) is 0 Å². The van der Waals surface area contributed by atoms with E-state index in [-0.39, 0.29) is 28.8 Å². The molecular formula is C19H20N2O5S2. The molecule has 28 heavy (non-hydrogen) atoms. The largest absolute Gasteiger partial charge is 0.273 e. The van der Waals surface area contributed by atoms with Crippen LogP contribution in [0.3, 0.4) is 0 Å². The fraction of sp³-hybridized carbons (Fsp3) is 0.316. The van der Waals surface area contributed by atoms with Crippen LogP contribution in [-0.4, -0.2) is 34.5 Å². The standard InChI is InChI=1S/C19H20N2O5S2/c1-13-11-16(21-19(22)9-10-27(21,23)24)7-8-18(13)28(25,26)20-14(2)12-15-5-3-4-6-17(15)20/h3-8,11,14H,9-10,12H2,1-2H3/t14-/m0/s1. The highest BCUT2D eigenvalue weighted by atomic mass is 32.2. The molecule has 4 rings (SSSR count). The van der Waals surface area contributed by atoms with Crippen molar-refractivity contribution in [3.05, 3.63) is 53.6 Å². The second kappa shape index (κ2) is 6.31. The quantitative estimate of drug-likeness (QED) is 0.759. The predicted octanol–water partition coefficient (Wildman–Crippen LogP) is 2.20. The van der Waals surface area contributed by atoms with Crippen molar-refractivity contribution in [1.82, 2.24) is 0 Å². The molecule has 0 aromatic heterocycles. The molecule has 0 aliphatic carbocycles. The Labute approximate surface area is 164 Å². The van der Waals surface area contributed by atoms with E-state index in [1.54, 1.807) is 19.1 Å². The van der Waals surface area contributed by atoms with Crippen LogP contribution >= 0.6 is 0 Å². The van der Waals surface area contributed by atoms with Gasteiger partial charge in [0.05, 0.1) is 22.0 Å². The van der Waals surface area contributed by atoms with E-state index >= 15 is 0 Å². The molecule has 0 N–H and O–H groups in total. The number of nitrogens with zero attached hydrogens (tertiary/aromatic N) is 2. The van der Waals surface area contributed by atoms with Gasteiger partial charge in [0.2, 0.25) is 15.9 Å².